The van der Waals surface area contributed by atoms with Gasteiger partial charge in [0.25, 0.3) is 0 Å². The first-order chi connectivity index (χ1) is 10.9. The number of rotatable bonds is 4. The molecule has 1 heterocycles. The number of benzene rings is 1. The van der Waals surface area contributed by atoms with Crippen molar-refractivity contribution in [1.29, 1.82) is 0 Å². The monoisotopic (exact) mass is 336 g/mol. The van der Waals surface area contributed by atoms with Gasteiger partial charge in [-0.2, -0.15) is 0 Å². The largest absolute Gasteiger partial charge is 0.353 e. The lowest BCUT2D eigenvalue weighted by molar-refractivity contribution is -0.122. The van der Waals surface area contributed by atoms with E-state index in [9.17, 15) is 13.2 Å². The molecule has 1 atom stereocenters. The van der Waals surface area contributed by atoms with E-state index in [1.807, 2.05) is 6.07 Å². The first-order valence-electron chi connectivity index (χ1n) is 8.26. The summed E-state index contributed by atoms with van der Waals surface area (Å²) in [7, 11) is -3.11. The van der Waals surface area contributed by atoms with Crippen molar-refractivity contribution in [3.05, 3.63) is 35.4 Å². The molecule has 3 rings (SSSR count). The van der Waals surface area contributed by atoms with Crippen molar-refractivity contribution in [2.45, 2.75) is 44.1 Å². The van der Waals surface area contributed by atoms with E-state index in [1.165, 1.54) is 21.7 Å². The van der Waals surface area contributed by atoms with Crippen LogP contribution in [0.1, 0.15) is 42.7 Å². The van der Waals surface area contributed by atoms with E-state index < -0.39 is 10.0 Å². The lowest BCUT2D eigenvalue weighted by Crippen LogP contribution is -2.46. The summed E-state index contributed by atoms with van der Waals surface area (Å²) < 4.78 is 24.5. The fourth-order valence-electron chi connectivity index (χ4n) is 3.70. The van der Waals surface area contributed by atoms with Crippen LogP contribution >= 0.6 is 0 Å². The number of sulfonamides is 1. The first kappa shape index (κ1) is 16.5. The number of hydrogen-bond acceptors (Lipinski definition) is 3. The minimum atomic E-state index is -3.11. The molecule has 0 saturated carbocycles. The molecule has 1 aromatic carbocycles. The molecule has 0 spiro atoms. The van der Waals surface area contributed by atoms with Gasteiger partial charge in [-0.05, 0) is 42.7 Å². The molecule has 1 N–H and O–H groups in total. The highest BCUT2D eigenvalue weighted by Gasteiger charge is 2.28. The molecule has 23 heavy (non-hydrogen) atoms. The molecule has 1 unspecified atom stereocenters. The molecule has 6 heteroatoms. The summed E-state index contributed by atoms with van der Waals surface area (Å²) >= 11 is 0. The maximum absolute atomic E-state index is 12.3. The molecular weight excluding hydrogens is 312 g/mol. The SMILES string of the molecule is CS(=O)(=O)N1CCC(NC(=O)CC2CCc3ccccc32)CC1. The Morgan fingerprint density at radius 3 is 2.61 bits per heavy atom. The summed E-state index contributed by atoms with van der Waals surface area (Å²) in [6, 6.07) is 8.46. The maximum atomic E-state index is 12.3. The third-order valence-corrected chi connectivity index (χ3v) is 6.28. The molecule has 1 aliphatic carbocycles. The van der Waals surface area contributed by atoms with Crippen LogP contribution in [0.2, 0.25) is 0 Å². The number of aryl methyl sites for hydroxylation is 1. The lowest BCUT2D eigenvalue weighted by atomic mass is 9.97. The minimum absolute atomic E-state index is 0.0875. The molecule has 1 amide bonds. The van der Waals surface area contributed by atoms with Crippen molar-refractivity contribution in [3.8, 4) is 0 Å². The molecule has 1 aromatic rings. The molecule has 126 valence electrons. The van der Waals surface area contributed by atoms with Crippen molar-refractivity contribution < 1.29 is 13.2 Å². The number of amides is 1. The Morgan fingerprint density at radius 1 is 1.22 bits per heavy atom. The second kappa shape index (κ2) is 6.61. The number of nitrogens with zero attached hydrogens (tertiary/aromatic N) is 1. The predicted octanol–water partition coefficient (Wildman–Crippen LogP) is 1.65. The summed E-state index contributed by atoms with van der Waals surface area (Å²) in [5, 5.41) is 3.09. The third-order valence-electron chi connectivity index (χ3n) is 4.98. The minimum Gasteiger partial charge on any atom is -0.353 e. The summed E-state index contributed by atoms with van der Waals surface area (Å²) in [4.78, 5) is 12.3. The quantitative estimate of drug-likeness (QED) is 0.909. The van der Waals surface area contributed by atoms with E-state index in [4.69, 9.17) is 0 Å². The van der Waals surface area contributed by atoms with Crippen LogP contribution in [0.5, 0.6) is 0 Å². The summed E-state index contributed by atoms with van der Waals surface area (Å²) in [6.45, 7) is 0.992. The van der Waals surface area contributed by atoms with E-state index >= 15 is 0 Å². The predicted molar refractivity (Wildman–Crippen MR) is 89.7 cm³/mol. The zero-order valence-corrected chi connectivity index (χ0v) is 14.3. The topological polar surface area (TPSA) is 66.5 Å². The highest BCUT2D eigenvalue weighted by Crippen LogP contribution is 2.35. The zero-order valence-electron chi connectivity index (χ0n) is 13.5. The van der Waals surface area contributed by atoms with Crippen molar-refractivity contribution in [2.24, 2.45) is 0 Å². The van der Waals surface area contributed by atoms with Gasteiger partial charge in [-0.15, -0.1) is 0 Å². The second-order valence-corrected chi connectivity index (χ2v) is 8.62. The van der Waals surface area contributed by atoms with Gasteiger partial charge in [-0.3, -0.25) is 4.79 Å². The summed E-state index contributed by atoms with van der Waals surface area (Å²) in [5.74, 6) is 0.409. The number of nitrogens with one attached hydrogen (secondary N) is 1. The number of carbonyl (C=O) groups excluding carboxylic acids is 1. The van der Waals surface area contributed by atoms with Gasteiger partial charge in [-0.25, -0.2) is 12.7 Å². The molecule has 1 fully saturated rings. The Bertz CT molecular complexity index is 679. The molecular formula is C17H24N2O3S. The fraction of sp³-hybridized carbons (Fsp3) is 0.588. The second-order valence-electron chi connectivity index (χ2n) is 6.64. The van der Waals surface area contributed by atoms with Crippen LogP contribution in [0.3, 0.4) is 0 Å². The lowest BCUT2D eigenvalue weighted by Gasteiger charge is -2.30. The molecule has 0 aromatic heterocycles. The van der Waals surface area contributed by atoms with Gasteiger partial charge >= 0.3 is 0 Å². The average Bonchev–Trinajstić information content (AvgIpc) is 2.90. The van der Waals surface area contributed by atoms with Crippen molar-refractivity contribution in [1.82, 2.24) is 9.62 Å². The molecule has 1 aliphatic heterocycles. The smallest absolute Gasteiger partial charge is 0.220 e. The summed E-state index contributed by atoms with van der Waals surface area (Å²) in [5.41, 5.74) is 2.68. The fourth-order valence-corrected chi connectivity index (χ4v) is 4.57. The van der Waals surface area contributed by atoms with E-state index in [0.717, 1.165) is 12.8 Å². The van der Waals surface area contributed by atoms with E-state index in [2.05, 4.69) is 23.5 Å². The Morgan fingerprint density at radius 2 is 1.91 bits per heavy atom. The molecule has 0 radical (unpaired) electrons. The van der Waals surface area contributed by atoms with Gasteiger partial charge in [0, 0.05) is 25.6 Å². The Kier molecular flexibility index (Phi) is 4.73. The Hall–Kier alpha value is -1.40. The van der Waals surface area contributed by atoms with Gasteiger partial charge < -0.3 is 5.32 Å². The van der Waals surface area contributed by atoms with Crippen LogP contribution in [-0.2, 0) is 21.2 Å². The molecule has 1 saturated heterocycles. The van der Waals surface area contributed by atoms with Crippen LogP contribution in [0.4, 0.5) is 0 Å². The van der Waals surface area contributed by atoms with Gasteiger partial charge in [0.15, 0.2) is 0 Å². The van der Waals surface area contributed by atoms with Crippen molar-refractivity contribution >= 4 is 15.9 Å². The van der Waals surface area contributed by atoms with E-state index in [0.29, 0.717) is 38.3 Å². The van der Waals surface area contributed by atoms with Crippen LogP contribution in [0, 0.1) is 0 Å². The number of piperidine rings is 1. The highest BCUT2D eigenvalue weighted by molar-refractivity contribution is 7.88. The van der Waals surface area contributed by atoms with Gasteiger partial charge in [-0.1, -0.05) is 24.3 Å². The highest BCUT2D eigenvalue weighted by atomic mass is 32.2. The molecule has 2 aliphatic rings. The van der Waals surface area contributed by atoms with Crippen LogP contribution in [0.15, 0.2) is 24.3 Å². The maximum Gasteiger partial charge on any atom is 0.220 e. The summed E-state index contributed by atoms with van der Waals surface area (Å²) in [6.07, 6.45) is 5.26. The van der Waals surface area contributed by atoms with Crippen molar-refractivity contribution in [3.63, 3.8) is 0 Å². The van der Waals surface area contributed by atoms with Crippen molar-refractivity contribution in [2.75, 3.05) is 19.3 Å². The van der Waals surface area contributed by atoms with E-state index in [-0.39, 0.29) is 11.9 Å². The normalized spacial score (nSPS) is 22.7. The van der Waals surface area contributed by atoms with Gasteiger partial charge in [0.2, 0.25) is 15.9 Å². The van der Waals surface area contributed by atoms with Crippen LogP contribution < -0.4 is 5.32 Å². The van der Waals surface area contributed by atoms with Crippen LogP contribution in [-0.4, -0.2) is 44.0 Å². The third kappa shape index (κ3) is 3.93. The van der Waals surface area contributed by atoms with Gasteiger partial charge in [0.1, 0.15) is 0 Å². The zero-order chi connectivity index (χ0) is 16.4. The number of fused-ring (bicyclic) bond motifs is 1. The Balaban J connectivity index is 1.50. The first-order valence-corrected chi connectivity index (χ1v) is 10.1. The number of carbonyl (C=O) groups is 1. The van der Waals surface area contributed by atoms with E-state index in [1.54, 1.807) is 0 Å². The molecule has 0 bridgehead atoms. The average molecular weight is 336 g/mol. The number of hydrogen-bond donors (Lipinski definition) is 1. The van der Waals surface area contributed by atoms with Crippen LogP contribution in [0.25, 0.3) is 0 Å². The molecule has 5 nitrogen and oxygen atoms in total. The Labute approximate surface area is 138 Å². The standard InChI is InChI=1S/C17H24N2O3S/c1-23(21,22)19-10-8-15(9-11-19)18-17(20)12-14-7-6-13-4-2-3-5-16(13)14/h2-5,14-15H,6-12H2,1H3,(H,18,20). The van der Waals surface area contributed by atoms with Gasteiger partial charge in [0.05, 0.1) is 6.26 Å².